The summed E-state index contributed by atoms with van der Waals surface area (Å²) in [5.41, 5.74) is -0.749. The van der Waals surface area contributed by atoms with E-state index in [1.807, 2.05) is 0 Å². The summed E-state index contributed by atoms with van der Waals surface area (Å²) in [6.07, 6.45) is 3.82. The van der Waals surface area contributed by atoms with Crippen molar-refractivity contribution in [2.75, 3.05) is 13.1 Å². The van der Waals surface area contributed by atoms with Gasteiger partial charge in [-0.05, 0) is 31.9 Å². The molecule has 2 rings (SSSR count). The average molecular weight is 256 g/mol. The lowest BCUT2D eigenvalue weighted by molar-refractivity contribution is 0.0126. The van der Waals surface area contributed by atoms with E-state index in [1.165, 1.54) is 16.6 Å². The zero-order valence-electron chi connectivity index (χ0n) is 9.70. The second kappa shape index (κ2) is 4.36. The lowest BCUT2D eigenvalue weighted by Crippen LogP contribution is -2.45. The molecule has 94 valence electrons. The van der Waals surface area contributed by atoms with Gasteiger partial charge in [0.1, 0.15) is 4.90 Å². The minimum atomic E-state index is -3.45. The van der Waals surface area contributed by atoms with Crippen molar-refractivity contribution in [2.45, 2.75) is 30.3 Å². The molecule has 0 aromatic carbocycles. The normalized spacial score (nSPS) is 21.3. The van der Waals surface area contributed by atoms with Gasteiger partial charge < -0.3 is 5.11 Å². The van der Waals surface area contributed by atoms with E-state index < -0.39 is 15.6 Å². The number of pyridine rings is 1. The fourth-order valence-electron chi connectivity index (χ4n) is 1.86. The van der Waals surface area contributed by atoms with Gasteiger partial charge in [-0.2, -0.15) is 4.31 Å². The molecule has 1 aromatic heterocycles. The SMILES string of the molecule is CC1(O)CCN(S(=O)(=O)c2cccnc2)CC1. The van der Waals surface area contributed by atoms with Gasteiger partial charge in [0, 0.05) is 25.5 Å². The Kier molecular flexibility index (Phi) is 3.20. The second-order valence-electron chi connectivity index (χ2n) is 4.59. The summed E-state index contributed by atoms with van der Waals surface area (Å²) < 4.78 is 25.8. The fraction of sp³-hybridized carbons (Fsp3) is 0.545. The largest absolute Gasteiger partial charge is 0.390 e. The zero-order valence-corrected chi connectivity index (χ0v) is 10.5. The fourth-order valence-corrected chi connectivity index (χ4v) is 3.26. The molecule has 2 heterocycles. The van der Waals surface area contributed by atoms with Crippen molar-refractivity contribution in [3.8, 4) is 0 Å². The second-order valence-corrected chi connectivity index (χ2v) is 6.53. The molecule has 0 saturated carbocycles. The highest BCUT2D eigenvalue weighted by molar-refractivity contribution is 7.89. The van der Waals surface area contributed by atoms with Crippen LogP contribution in [0, 0.1) is 0 Å². The van der Waals surface area contributed by atoms with Crippen LogP contribution in [0.3, 0.4) is 0 Å². The first kappa shape index (κ1) is 12.5. The molecular formula is C11H16N2O3S. The maximum Gasteiger partial charge on any atom is 0.244 e. The van der Waals surface area contributed by atoms with Crippen molar-refractivity contribution < 1.29 is 13.5 Å². The first-order chi connectivity index (χ1) is 7.92. The number of aromatic nitrogens is 1. The first-order valence-corrected chi connectivity index (χ1v) is 6.98. The summed E-state index contributed by atoms with van der Waals surface area (Å²) in [6, 6.07) is 3.14. The molecule has 17 heavy (non-hydrogen) atoms. The van der Waals surface area contributed by atoms with E-state index in [2.05, 4.69) is 4.98 Å². The van der Waals surface area contributed by atoms with Crippen LogP contribution in [-0.2, 0) is 10.0 Å². The van der Waals surface area contributed by atoms with E-state index in [0.717, 1.165) is 0 Å². The number of hydrogen-bond donors (Lipinski definition) is 1. The molecule has 0 bridgehead atoms. The lowest BCUT2D eigenvalue weighted by atomic mass is 9.95. The Morgan fingerprint density at radius 2 is 2.06 bits per heavy atom. The van der Waals surface area contributed by atoms with E-state index in [4.69, 9.17) is 0 Å². The van der Waals surface area contributed by atoms with Crippen LogP contribution < -0.4 is 0 Å². The Bertz CT molecular complexity index is 475. The van der Waals surface area contributed by atoms with E-state index in [1.54, 1.807) is 19.2 Å². The van der Waals surface area contributed by atoms with Crippen molar-refractivity contribution in [3.63, 3.8) is 0 Å². The molecule has 1 saturated heterocycles. The molecule has 1 aliphatic heterocycles. The molecule has 0 amide bonds. The minimum absolute atomic E-state index is 0.210. The molecular weight excluding hydrogens is 240 g/mol. The number of aliphatic hydroxyl groups is 1. The molecule has 0 aliphatic carbocycles. The Hall–Kier alpha value is -0.980. The van der Waals surface area contributed by atoms with Gasteiger partial charge in [-0.1, -0.05) is 0 Å². The van der Waals surface area contributed by atoms with E-state index >= 15 is 0 Å². The Labute approximate surface area is 101 Å². The van der Waals surface area contributed by atoms with Crippen LogP contribution in [-0.4, -0.2) is 41.5 Å². The molecule has 5 nitrogen and oxygen atoms in total. The predicted octanol–water partition coefficient (Wildman–Crippen LogP) is 0.617. The first-order valence-electron chi connectivity index (χ1n) is 5.54. The third-order valence-corrected chi connectivity index (χ3v) is 4.95. The minimum Gasteiger partial charge on any atom is -0.390 e. The molecule has 0 spiro atoms. The summed E-state index contributed by atoms with van der Waals surface area (Å²) in [4.78, 5) is 4.03. The zero-order chi connectivity index (χ0) is 12.5. The monoisotopic (exact) mass is 256 g/mol. The van der Waals surface area contributed by atoms with Gasteiger partial charge in [0.25, 0.3) is 0 Å². The average Bonchev–Trinajstić information content (AvgIpc) is 2.29. The summed E-state index contributed by atoms with van der Waals surface area (Å²) in [5, 5.41) is 9.79. The molecule has 0 radical (unpaired) electrons. The molecule has 1 N–H and O–H groups in total. The van der Waals surface area contributed by atoms with E-state index in [-0.39, 0.29) is 4.90 Å². The van der Waals surface area contributed by atoms with Gasteiger partial charge in [-0.25, -0.2) is 8.42 Å². The summed E-state index contributed by atoms with van der Waals surface area (Å²) >= 11 is 0. The predicted molar refractivity (Wildman–Crippen MR) is 62.9 cm³/mol. The number of nitrogens with zero attached hydrogens (tertiary/aromatic N) is 2. The third-order valence-electron chi connectivity index (χ3n) is 3.07. The van der Waals surface area contributed by atoms with Crippen LogP contribution in [0.2, 0.25) is 0 Å². The van der Waals surface area contributed by atoms with Gasteiger partial charge in [0.15, 0.2) is 0 Å². The van der Waals surface area contributed by atoms with Crippen LogP contribution in [0.4, 0.5) is 0 Å². The Morgan fingerprint density at radius 1 is 1.41 bits per heavy atom. The summed E-state index contributed by atoms with van der Waals surface area (Å²) in [6.45, 7) is 2.44. The number of sulfonamides is 1. The molecule has 0 atom stereocenters. The van der Waals surface area contributed by atoms with Crippen molar-refractivity contribution >= 4 is 10.0 Å². The van der Waals surface area contributed by atoms with Crippen molar-refractivity contribution in [2.24, 2.45) is 0 Å². The number of rotatable bonds is 2. The molecule has 0 unspecified atom stereocenters. The van der Waals surface area contributed by atoms with Gasteiger partial charge >= 0.3 is 0 Å². The Balaban J connectivity index is 2.19. The van der Waals surface area contributed by atoms with Gasteiger partial charge in [-0.15, -0.1) is 0 Å². The molecule has 1 aliphatic rings. The summed E-state index contributed by atoms with van der Waals surface area (Å²) in [5.74, 6) is 0. The molecule has 1 fully saturated rings. The molecule has 1 aromatic rings. The quantitative estimate of drug-likeness (QED) is 0.842. The van der Waals surface area contributed by atoms with Crippen LogP contribution in [0.15, 0.2) is 29.4 Å². The van der Waals surface area contributed by atoms with Crippen LogP contribution in [0.5, 0.6) is 0 Å². The van der Waals surface area contributed by atoms with E-state index in [9.17, 15) is 13.5 Å². The maximum atomic E-state index is 12.2. The highest BCUT2D eigenvalue weighted by Crippen LogP contribution is 2.25. The van der Waals surface area contributed by atoms with Crippen LogP contribution >= 0.6 is 0 Å². The number of hydrogen-bond acceptors (Lipinski definition) is 4. The van der Waals surface area contributed by atoms with Crippen LogP contribution in [0.25, 0.3) is 0 Å². The van der Waals surface area contributed by atoms with Crippen molar-refractivity contribution in [3.05, 3.63) is 24.5 Å². The van der Waals surface area contributed by atoms with Gasteiger partial charge in [0.05, 0.1) is 5.60 Å². The highest BCUT2D eigenvalue weighted by Gasteiger charge is 2.33. The lowest BCUT2D eigenvalue weighted by Gasteiger charge is -2.34. The van der Waals surface area contributed by atoms with Crippen molar-refractivity contribution in [1.29, 1.82) is 0 Å². The molecule has 6 heteroatoms. The Morgan fingerprint density at radius 3 is 2.59 bits per heavy atom. The van der Waals surface area contributed by atoms with Gasteiger partial charge in [-0.3, -0.25) is 4.98 Å². The third kappa shape index (κ3) is 2.65. The maximum absolute atomic E-state index is 12.2. The smallest absolute Gasteiger partial charge is 0.244 e. The topological polar surface area (TPSA) is 70.5 Å². The number of piperidine rings is 1. The highest BCUT2D eigenvalue weighted by atomic mass is 32.2. The van der Waals surface area contributed by atoms with Crippen LogP contribution in [0.1, 0.15) is 19.8 Å². The van der Waals surface area contributed by atoms with Crippen molar-refractivity contribution in [1.82, 2.24) is 9.29 Å². The van der Waals surface area contributed by atoms with Gasteiger partial charge in [0.2, 0.25) is 10.0 Å². The standard InChI is InChI=1S/C11H16N2O3S/c1-11(14)4-7-13(8-5-11)17(15,16)10-3-2-6-12-9-10/h2-3,6,9,14H,4-5,7-8H2,1H3. The van der Waals surface area contributed by atoms with E-state index in [0.29, 0.717) is 25.9 Å². The summed E-state index contributed by atoms with van der Waals surface area (Å²) in [7, 11) is -3.45.